The van der Waals surface area contributed by atoms with E-state index in [0.29, 0.717) is 19.6 Å². The van der Waals surface area contributed by atoms with Crippen LogP contribution in [0.5, 0.6) is 0 Å². The van der Waals surface area contributed by atoms with E-state index in [1.165, 1.54) is 22.5 Å². The van der Waals surface area contributed by atoms with Crippen LogP contribution in [0.2, 0.25) is 5.02 Å². The molecule has 2 aromatic rings. The van der Waals surface area contributed by atoms with E-state index in [9.17, 15) is 13.2 Å². The number of sulfonamides is 1. The summed E-state index contributed by atoms with van der Waals surface area (Å²) < 4.78 is 27.0. The van der Waals surface area contributed by atoms with E-state index in [1.807, 2.05) is 35.8 Å². The third-order valence-corrected chi connectivity index (χ3v) is 7.82. The van der Waals surface area contributed by atoms with Gasteiger partial charge in [-0.05, 0) is 67.5 Å². The van der Waals surface area contributed by atoms with Gasteiger partial charge >= 0.3 is 0 Å². The lowest BCUT2D eigenvalue weighted by molar-refractivity contribution is 0.0942. The number of benzene rings is 1. The van der Waals surface area contributed by atoms with Crippen molar-refractivity contribution >= 4 is 38.9 Å². The average molecular weight is 442 g/mol. The standard InChI is InChI=1S/C19H24ClN3O3S2/c1-22(2)18(14-7-10-27-13-14)12-21-19(24)16-11-15(5-6-17(16)20)28(25,26)23-8-3-4-9-23/h5-7,10-11,13,18H,3-4,8-9,12H2,1-2H3,(H,21,24). The molecule has 0 bridgehead atoms. The molecule has 0 spiro atoms. The fourth-order valence-corrected chi connectivity index (χ4v) is 5.72. The van der Waals surface area contributed by atoms with Gasteiger partial charge < -0.3 is 10.2 Å². The van der Waals surface area contributed by atoms with Crippen LogP contribution < -0.4 is 5.32 Å². The van der Waals surface area contributed by atoms with Crippen LogP contribution in [0, 0.1) is 0 Å². The predicted molar refractivity (Wildman–Crippen MR) is 113 cm³/mol. The van der Waals surface area contributed by atoms with Crippen LogP contribution in [0.4, 0.5) is 0 Å². The molecule has 1 aliphatic rings. The van der Waals surface area contributed by atoms with Gasteiger partial charge in [-0.15, -0.1) is 0 Å². The quantitative estimate of drug-likeness (QED) is 0.716. The van der Waals surface area contributed by atoms with E-state index in [0.717, 1.165) is 18.4 Å². The van der Waals surface area contributed by atoms with Gasteiger partial charge in [-0.2, -0.15) is 15.6 Å². The molecule has 0 radical (unpaired) electrons. The van der Waals surface area contributed by atoms with Crippen molar-refractivity contribution in [3.05, 3.63) is 51.2 Å². The van der Waals surface area contributed by atoms with Crippen molar-refractivity contribution in [2.45, 2.75) is 23.8 Å². The second-order valence-electron chi connectivity index (χ2n) is 7.00. The second kappa shape index (κ2) is 8.92. The molecule has 1 atom stereocenters. The Morgan fingerprint density at radius 2 is 2.00 bits per heavy atom. The van der Waals surface area contributed by atoms with Crippen molar-refractivity contribution in [3.63, 3.8) is 0 Å². The molecule has 1 saturated heterocycles. The molecule has 1 aromatic carbocycles. The van der Waals surface area contributed by atoms with Gasteiger partial charge in [0.2, 0.25) is 10.0 Å². The van der Waals surface area contributed by atoms with E-state index in [4.69, 9.17) is 11.6 Å². The summed E-state index contributed by atoms with van der Waals surface area (Å²) in [5.74, 6) is -0.384. The number of carbonyl (C=O) groups excluding carboxylic acids is 1. The number of nitrogens with zero attached hydrogens (tertiary/aromatic N) is 2. The van der Waals surface area contributed by atoms with Crippen LogP contribution in [0.15, 0.2) is 39.9 Å². The fourth-order valence-electron chi connectivity index (χ4n) is 3.26. The van der Waals surface area contributed by atoms with E-state index >= 15 is 0 Å². The lowest BCUT2D eigenvalue weighted by Crippen LogP contribution is -2.34. The van der Waals surface area contributed by atoms with Crippen molar-refractivity contribution in [2.24, 2.45) is 0 Å². The second-order valence-corrected chi connectivity index (χ2v) is 10.1. The number of likely N-dealkylation sites (N-methyl/N-ethyl adjacent to an activating group) is 1. The summed E-state index contributed by atoms with van der Waals surface area (Å²) in [6, 6.07) is 6.35. The minimum absolute atomic E-state index is 0.0190. The maximum atomic E-state index is 12.8. The van der Waals surface area contributed by atoms with Crippen LogP contribution in [0.25, 0.3) is 0 Å². The summed E-state index contributed by atoms with van der Waals surface area (Å²) in [5.41, 5.74) is 1.29. The highest BCUT2D eigenvalue weighted by molar-refractivity contribution is 7.89. The number of carbonyl (C=O) groups is 1. The number of hydrogen-bond acceptors (Lipinski definition) is 5. The van der Waals surface area contributed by atoms with E-state index in [2.05, 4.69) is 5.32 Å². The smallest absolute Gasteiger partial charge is 0.252 e. The Morgan fingerprint density at radius 1 is 1.29 bits per heavy atom. The van der Waals surface area contributed by atoms with Gasteiger partial charge in [-0.1, -0.05) is 11.6 Å². The molecule has 1 aromatic heterocycles. The third-order valence-electron chi connectivity index (χ3n) is 4.89. The van der Waals surface area contributed by atoms with Crippen LogP contribution in [0.1, 0.15) is 34.8 Å². The van der Waals surface area contributed by atoms with Gasteiger partial charge in [0.25, 0.3) is 5.91 Å². The first-order valence-corrected chi connectivity index (χ1v) is 11.8. The lowest BCUT2D eigenvalue weighted by atomic mass is 10.1. The van der Waals surface area contributed by atoms with E-state index in [1.54, 1.807) is 11.3 Å². The van der Waals surface area contributed by atoms with Crippen molar-refractivity contribution in [2.75, 3.05) is 33.7 Å². The first-order valence-electron chi connectivity index (χ1n) is 9.07. The summed E-state index contributed by atoms with van der Waals surface area (Å²) in [4.78, 5) is 14.9. The molecule has 0 saturated carbocycles. The number of nitrogens with one attached hydrogen (secondary N) is 1. The molecule has 9 heteroatoms. The minimum Gasteiger partial charge on any atom is -0.350 e. The molecule has 1 fully saturated rings. The molecule has 28 heavy (non-hydrogen) atoms. The Hall–Kier alpha value is -1.45. The maximum absolute atomic E-state index is 12.8. The summed E-state index contributed by atoms with van der Waals surface area (Å²) in [6.45, 7) is 1.41. The lowest BCUT2D eigenvalue weighted by Gasteiger charge is -2.24. The number of amides is 1. The molecule has 1 N–H and O–H groups in total. The highest BCUT2D eigenvalue weighted by atomic mass is 35.5. The van der Waals surface area contributed by atoms with Crippen LogP contribution in [0.3, 0.4) is 0 Å². The number of hydrogen-bond donors (Lipinski definition) is 1. The van der Waals surface area contributed by atoms with Gasteiger partial charge in [0.05, 0.1) is 21.5 Å². The number of rotatable bonds is 7. The summed E-state index contributed by atoms with van der Waals surface area (Å²) >= 11 is 7.80. The molecular formula is C19H24ClN3O3S2. The normalized spacial score (nSPS) is 16.4. The summed E-state index contributed by atoms with van der Waals surface area (Å²) in [6.07, 6.45) is 1.71. The van der Waals surface area contributed by atoms with Crippen molar-refractivity contribution in [1.82, 2.24) is 14.5 Å². The van der Waals surface area contributed by atoms with Gasteiger partial charge in [-0.3, -0.25) is 4.79 Å². The Kier molecular flexibility index (Phi) is 6.77. The Balaban J connectivity index is 1.78. The van der Waals surface area contributed by atoms with Crippen molar-refractivity contribution in [3.8, 4) is 0 Å². The molecule has 1 amide bonds. The molecule has 1 unspecified atom stereocenters. The third kappa shape index (κ3) is 4.58. The SMILES string of the molecule is CN(C)C(CNC(=O)c1cc(S(=O)(=O)N2CCCC2)ccc1Cl)c1ccsc1. The van der Waals surface area contributed by atoms with Gasteiger partial charge in [0, 0.05) is 19.6 Å². The van der Waals surface area contributed by atoms with E-state index in [-0.39, 0.29) is 27.4 Å². The Bertz CT molecular complexity index is 924. The highest BCUT2D eigenvalue weighted by Crippen LogP contribution is 2.26. The van der Waals surface area contributed by atoms with E-state index < -0.39 is 10.0 Å². The van der Waals surface area contributed by atoms with Crippen LogP contribution >= 0.6 is 22.9 Å². The van der Waals surface area contributed by atoms with Crippen LogP contribution in [-0.2, 0) is 10.0 Å². The zero-order valence-electron chi connectivity index (χ0n) is 15.9. The van der Waals surface area contributed by atoms with Crippen molar-refractivity contribution in [1.29, 1.82) is 0 Å². The van der Waals surface area contributed by atoms with Crippen molar-refractivity contribution < 1.29 is 13.2 Å². The van der Waals surface area contributed by atoms with Gasteiger partial charge in [0.15, 0.2) is 0 Å². The Morgan fingerprint density at radius 3 is 2.61 bits per heavy atom. The zero-order chi connectivity index (χ0) is 20.3. The molecule has 6 nitrogen and oxygen atoms in total. The predicted octanol–water partition coefficient (Wildman–Crippen LogP) is 3.22. The summed E-state index contributed by atoms with van der Waals surface area (Å²) in [5, 5.41) is 7.17. The average Bonchev–Trinajstić information content (AvgIpc) is 3.36. The van der Waals surface area contributed by atoms with Gasteiger partial charge in [0.1, 0.15) is 0 Å². The van der Waals surface area contributed by atoms with Gasteiger partial charge in [-0.25, -0.2) is 8.42 Å². The highest BCUT2D eigenvalue weighted by Gasteiger charge is 2.28. The number of halogens is 1. The topological polar surface area (TPSA) is 69.7 Å². The zero-order valence-corrected chi connectivity index (χ0v) is 18.3. The first-order chi connectivity index (χ1) is 13.3. The monoisotopic (exact) mass is 441 g/mol. The summed E-state index contributed by atoms with van der Waals surface area (Å²) in [7, 11) is 0.294. The minimum atomic E-state index is -3.60. The Labute approximate surface area is 175 Å². The number of thiophene rings is 1. The molecule has 0 aliphatic carbocycles. The van der Waals surface area contributed by atoms with Crippen LogP contribution in [-0.4, -0.2) is 57.3 Å². The molecule has 2 heterocycles. The maximum Gasteiger partial charge on any atom is 0.252 e. The fraction of sp³-hybridized carbons (Fsp3) is 0.421. The molecule has 3 rings (SSSR count). The first kappa shape index (κ1) is 21.3. The largest absolute Gasteiger partial charge is 0.350 e. The molecule has 152 valence electrons. The molecular weight excluding hydrogens is 418 g/mol. The molecule has 1 aliphatic heterocycles.